The number of likely N-dealkylation sites (N-methyl/N-ethyl adjacent to an activating group) is 1. The topological polar surface area (TPSA) is 29.9 Å². The molecule has 2 unspecified atom stereocenters. The van der Waals surface area contributed by atoms with Gasteiger partial charge in [-0.15, -0.1) is 0 Å². The van der Waals surface area contributed by atoms with E-state index in [2.05, 4.69) is 28.9 Å². The van der Waals surface area contributed by atoms with E-state index in [1.807, 2.05) is 6.20 Å². The van der Waals surface area contributed by atoms with Crippen LogP contribution in [0.4, 0.5) is 0 Å². The molecule has 2 rings (SSSR count). The van der Waals surface area contributed by atoms with Crippen LogP contribution in [0.15, 0.2) is 6.20 Å². The minimum Gasteiger partial charge on any atom is -0.314 e. The van der Waals surface area contributed by atoms with Crippen LogP contribution in [0.2, 0.25) is 5.02 Å². The number of aromatic nitrogens is 2. The molecule has 1 aliphatic carbocycles. The first-order chi connectivity index (χ1) is 8.77. The second-order valence-electron chi connectivity index (χ2n) is 5.16. The molecule has 1 aromatic rings. The Labute approximate surface area is 115 Å². The van der Waals surface area contributed by atoms with Gasteiger partial charge in [0.25, 0.3) is 0 Å². The summed E-state index contributed by atoms with van der Waals surface area (Å²) in [5, 5.41) is 8.90. The Hall–Kier alpha value is -0.540. The third-order valence-electron chi connectivity index (χ3n) is 3.85. The van der Waals surface area contributed by atoms with Gasteiger partial charge < -0.3 is 5.32 Å². The van der Waals surface area contributed by atoms with Crippen LogP contribution in [0, 0.1) is 0 Å². The highest BCUT2D eigenvalue weighted by atomic mass is 35.5. The number of aryl methyl sites for hydroxylation is 1. The Morgan fingerprint density at radius 3 is 2.89 bits per heavy atom. The summed E-state index contributed by atoms with van der Waals surface area (Å²) in [6, 6.07) is 0.563. The van der Waals surface area contributed by atoms with E-state index in [1.165, 1.54) is 31.4 Å². The van der Waals surface area contributed by atoms with Gasteiger partial charge in [-0.1, -0.05) is 38.3 Å². The maximum atomic E-state index is 6.37. The zero-order valence-electron chi connectivity index (χ0n) is 11.5. The van der Waals surface area contributed by atoms with Gasteiger partial charge in [0.2, 0.25) is 0 Å². The summed E-state index contributed by atoms with van der Waals surface area (Å²) >= 11 is 6.37. The first kappa shape index (κ1) is 13.9. The molecule has 0 radical (unpaired) electrons. The average molecular weight is 270 g/mol. The second kappa shape index (κ2) is 6.58. The van der Waals surface area contributed by atoms with E-state index in [1.54, 1.807) is 0 Å². The minimum absolute atomic E-state index is 0.528. The van der Waals surface area contributed by atoms with Crippen LogP contribution in [0.25, 0.3) is 0 Å². The average Bonchev–Trinajstić information content (AvgIpc) is 2.73. The highest BCUT2D eigenvalue weighted by Gasteiger charge is 2.30. The summed E-state index contributed by atoms with van der Waals surface area (Å²) in [6.07, 6.45) is 8.03. The number of nitrogens with zero attached hydrogens (tertiary/aromatic N) is 2. The summed E-state index contributed by atoms with van der Waals surface area (Å²) in [7, 11) is 0. The molecule has 3 nitrogen and oxygen atoms in total. The molecule has 1 saturated carbocycles. The van der Waals surface area contributed by atoms with Gasteiger partial charge >= 0.3 is 0 Å². The fourth-order valence-electron chi connectivity index (χ4n) is 3.10. The van der Waals surface area contributed by atoms with Gasteiger partial charge in [0.15, 0.2) is 0 Å². The van der Waals surface area contributed by atoms with Crippen LogP contribution in [0.3, 0.4) is 0 Å². The molecule has 0 saturated heterocycles. The van der Waals surface area contributed by atoms with Crippen LogP contribution in [-0.2, 0) is 6.54 Å². The summed E-state index contributed by atoms with van der Waals surface area (Å²) in [6.45, 7) is 6.36. The van der Waals surface area contributed by atoms with E-state index in [9.17, 15) is 0 Å². The Balaban J connectivity index is 2.23. The maximum absolute atomic E-state index is 6.37. The highest BCUT2D eigenvalue weighted by molar-refractivity contribution is 6.31. The van der Waals surface area contributed by atoms with Crippen molar-refractivity contribution >= 4 is 11.6 Å². The smallest absolute Gasteiger partial charge is 0.0821 e. The first-order valence-electron chi connectivity index (χ1n) is 7.22. The zero-order valence-corrected chi connectivity index (χ0v) is 12.2. The molecular weight excluding hydrogens is 246 g/mol. The molecule has 1 heterocycles. The lowest BCUT2D eigenvalue weighted by molar-refractivity contribution is 0.318. The lowest BCUT2D eigenvalue weighted by atomic mass is 9.82. The van der Waals surface area contributed by atoms with E-state index < -0.39 is 0 Å². The first-order valence-corrected chi connectivity index (χ1v) is 7.60. The quantitative estimate of drug-likeness (QED) is 0.885. The summed E-state index contributed by atoms with van der Waals surface area (Å²) in [5.41, 5.74) is 1.25. The largest absolute Gasteiger partial charge is 0.314 e. The van der Waals surface area contributed by atoms with Crippen molar-refractivity contribution in [2.75, 3.05) is 6.54 Å². The van der Waals surface area contributed by atoms with Gasteiger partial charge in [0, 0.05) is 18.5 Å². The van der Waals surface area contributed by atoms with Crippen molar-refractivity contribution in [2.45, 2.75) is 64.5 Å². The number of rotatable bonds is 5. The van der Waals surface area contributed by atoms with Crippen molar-refractivity contribution in [3.05, 3.63) is 16.9 Å². The molecule has 0 bridgehead atoms. The van der Waals surface area contributed by atoms with Crippen molar-refractivity contribution in [3.8, 4) is 0 Å². The molecule has 1 fully saturated rings. The fourth-order valence-corrected chi connectivity index (χ4v) is 3.38. The molecule has 2 atom stereocenters. The van der Waals surface area contributed by atoms with Crippen molar-refractivity contribution in [1.82, 2.24) is 15.1 Å². The Kier molecular flexibility index (Phi) is 5.07. The molecule has 1 aromatic heterocycles. The third-order valence-corrected chi connectivity index (χ3v) is 4.14. The Morgan fingerprint density at radius 2 is 2.17 bits per heavy atom. The van der Waals surface area contributed by atoms with Crippen molar-refractivity contribution in [2.24, 2.45) is 0 Å². The minimum atomic E-state index is 0.528. The fraction of sp³-hybridized carbons (Fsp3) is 0.786. The molecule has 0 spiro atoms. The number of halogens is 1. The van der Waals surface area contributed by atoms with Gasteiger partial charge in [0.1, 0.15) is 0 Å². The van der Waals surface area contributed by atoms with Crippen molar-refractivity contribution < 1.29 is 0 Å². The summed E-state index contributed by atoms with van der Waals surface area (Å²) in [4.78, 5) is 0. The van der Waals surface area contributed by atoms with E-state index in [-0.39, 0.29) is 0 Å². The molecule has 0 aliphatic heterocycles. The van der Waals surface area contributed by atoms with E-state index in [0.29, 0.717) is 12.0 Å². The van der Waals surface area contributed by atoms with Gasteiger partial charge in [-0.2, -0.15) is 5.10 Å². The predicted octanol–water partition coefficient (Wildman–Crippen LogP) is 3.58. The normalized spacial score (nSPS) is 24.4. The zero-order chi connectivity index (χ0) is 13.0. The molecule has 0 aromatic carbocycles. The molecule has 18 heavy (non-hydrogen) atoms. The maximum Gasteiger partial charge on any atom is 0.0821 e. The highest BCUT2D eigenvalue weighted by Crippen LogP contribution is 2.36. The van der Waals surface area contributed by atoms with Gasteiger partial charge in [0.05, 0.1) is 16.9 Å². The van der Waals surface area contributed by atoms with Crippen LogP contribution >= 0.6 is 11.6 Å². The molecule has 4 heteroatoms. The van der Waals surface area contributed by atoms with Crippen molar-refractivity contribution in [1.29, 1.82) is 0 Å². The summed E-state index contributed by atoms with van der Waals surface area (Å²) in [5.74, 6) is 0.528. The third kappa shape index (κ3) is 2.89. The van der Waals surface area contributed by atoms with Gasteiger partial charge in [-0.25, -0.2) is 0 Å². The lowest BCUT2D eigenvalue weighted by Gasteiger charge is -2.32. The van der Waals surface area contributed by atoms with Crippen LogP contribution < -0.4 is 5.32 Å². The lowest BCUT2D eigenvalue weighted by Crippen LogP contribution is -2.38. The van der Waals surface area contributed by atoms with Crippen LogP contribution in [0.5, 0.6) is 0 Å². The number of hydrogen-bond acceptors (Lipinski definition) is 2. The standard InChI is InChI=1S/C14H24ClN3/c1-3-9-18-14(12(15)10-17-18)11-7-5-6-8-13(11)16-4-2/h10-11,13,16H,3-9H2,1-2H3. The molecule has 1 N–H and O–H groups in total. The Morgan fingerprint density at radius 1 is 1.39 bits per heavy atom. The molecule has 102 valence electrons. The molecule has 1 aliphatic rings. The van der Waals surface area contributed by atoms with Crippen LogP contribution in [0.1, 0.15) is 57.6 Å². The molecule has 0 amide bonds. The van der Waals surface area contributed by atoms with Gasteiger partial charge in [-0.05, 0) is 25.8 Å². The van der Waals surface area contributed by atoms with E-state index >= 15 is 0 Å². The van der Waals surface area contributed by atoms with Gasteiger partial charge in [-0.3, -0.25) is 4.68 Å². The van der Waals surface area contributed by atoms with E-state index in [0.717, 1.165) is 24.5 Å². The summed E-state index contributed by atoms with van der Waals surface area (Å²) < 4.78 is 2.11. The SMILES string of the molecule is CCCn1ncc(Cl)c1C1CCCCC1NCC. The Bertz CT molecular complexity index is 373. The predicted molar refractivity (Wildman–Crippen MR) is 76.2 cm³/mol. The number of nitrogens with one attached hydrogen (secondary N) is 1. The number of hydrogen-bond donors (Lipinski definition) is 1. The molecular formula is C14H24ClN3. The van der Waals surface area contributed by atoms with E-state index in [4.69, 9.17) is 11.6 Å². The monoisotopic (exact) mass is 269 g/mol. The second-order valence-corrected chi connectivity index (χ2v) is 5.56. The van der Waals surface area contributed by atoms with Crippen LogP contribution in [-0.4, -0.2) is 22.4 Å². The van der Waals surface area contributed by atoms with Crippen molar-refractivity contribution in [3.63, 3.8) is 0 Å².